The fraction of sp³-hybridized carbons (Fsp3) is 0.235. The van der Waals surface area contributed by atoms with Gasteiger partial charge in [-0.25, -0.2) is 0 Å². The van der Waals surface area contributed by atoms with Crippen LogP contribution in [0.25, 0.3) is 22.0 Å². The van der Waals surface area contributed by atoms with Gasteiger partial charge in [-0.05, 0) is 29.2 Å². The summed E-state index contributed by atoms with van der Waals surface area (Å²) in [7, 11) is 1.92. The van der Waals surface area contributed by atoms with Crippen LogP contribution in [-0.2, 0) is 24.8 Å². The smallest absolute Gasteiger partial charge is 0.267 e. The summed E-state index contributed by atoms with van der Waals surface area (Å²) in [6, 6.07) is 6.16. The van der Waals surface area contributed by atoms with E-state index in [1.807, 2.05) is 30.1 Å². The van der Waals surface area contributed by atoms with Gasteiger partial charge in [-0.3, -0.25) is 14.5 Å². The Bertz CT molecular complexity index is 930. The largest absolute Gasteiger partial charge is 0.376 e. The Hall–Kier alpha value is -2.73. The number of fused-ring (bicyclic) bond motifs is 2. The van der Waals surface area contributed by atoms with Gasteiger partial charge >= 0.3 is 0 Å². The molecule has 1 amide bonds. The molecule has 116 valence electrons. The van der Waals surface area contributed by atoms with Gasteiger partial charge in [0.1, 0.15) is 5.69 Å². The number of aromatic nitrogens is 3. The summed E-state index contributed by atoms with van der Waals surface area (Å²) in [5.74, 6) is -0.489. The molecular formula is C17H16N4O2. The molecule has 0 radical (unpaired) electrons. The summed E-state index contributed by atoms with van der Waals surface area (Å²) in [6.45, 7) is 1.05. The summed E-state index contributed by atoms with van der Waals surface area (Å²) in [6.07, 6.45) is 4.21. The number of carbonyl (C=O) groups excluding carboxylic acids is 1. The molecule has 1 aromatic carbocycles. The van der Waals surface area contributed by atoms with E-state index in [9.17, 15) is 4.79 Å². The van der Waals surface area contributed by atoms with Crippen molar-refractivity contribution in [2.45, 2.75) is 13.0 Å². The number of ether oxygens (including phenoxy) is 1. The molecule has 2 aromatic heterocycles. The predicted molar refractivity (Wildman–Crippen MR) is 85.8 cm³/mol. The first-order chi connectivity index (χ1) is 11.1. The number of amides is 1. The second-order valence-corrected chi connectivity index (χ2v) is 5.69. The van der Waals surface area contributed by atoms with Gasteiger partial charge < -0.3 is 10.5 Å². The Balaban J connectivity index is 1.93. The van der Waals surface area contributed by atoms with Crippen LogP contribution in [0.4, 0.5) is 0 Å². The Labute approximate surface area is 132 Å². The maximum atomic E-state index is 11.6. The minimum atomic E-state index is -0.489. The van der Waals surface area contributed by atoms with E-state index in [0.717, 1.165) is 33.2 Å². The number of primary amides is 1. The molecule has 0 saturated carbocycles. The fourth-order valence-electron chi connectivity index (χ4n) is 3.15. The number of rotatable bonds is 2. The van der Waals surface area contributed by atoms with Crippen LogP contribution >= 0.6 is 0 Å². The maximum absolute atomic E-state index is 11.6. The van der Waals surface area contributed by atoms with Crippen LogP contribution < -0.4 is 5.73 Å². The van der Waals surface area contributed by atoms with Gasteiger partial charge in [0, 0.05) is 24.2 Å². The van der Waals surface area contributed by atoms with Gasteiger partial charge in [0.25, 0.3) is 5.91 Å². The van der Waals surface area contributed by atoms with Crippen molar-refractivity contribution in [3.05, 3.63) is 47.4 Å². The lowest BCUT2D eigenvalue weighted by Gasteiger charge is -2.21. The number of hydrogen-bond donors (Lipinski definition) is 1. The zero-order valence-electron chi connectivity index (χ0n) is 12.7. The second-order valence-electron chi connectivity index (χ2n) is 5.69. The first kappa shape index (κ1) is 13.9. The number of carbonyl (C=O) groups is 1. The third-order valence-electron chi connectivity index (χ3n) is 4.33. The molecule has 0 bridgehead atoms. The van der Waals surface area contributed by atoms with Crippen molar-refractivity contribution in [1.29, 1.82) is 0 Å². The molecule has 0 spiro atoms. The lowest BCUT2D eigenvalue weighted by Crippen LogP contribution is -2.21. The molecule has 0 fully saturated rings. The Morgan fingerprint density at radius 3 is 3.00 bits per heavy atom. The highest BCUT2D eigenvalue weighted by Crippen LogP contribution is 2.32. The van der Waals surface area contributed by atoms with E-state index < -0.39 is 5.91 Å². The zero-order chi connectivity index (χ0) is 16.0. The quantitative estimate of drug-likeness (QED) is 0.782. The topological polar surface area (TPSA) is 83.0 Å². The lowest BCUT2D eigenvalue weighted by molar-refractivity contribution is 0.0979. The molecule has 1 aliphatic rings. The summed E-state index contributed by atoms with van der Waals surface area (Å²) < 4.78 is 7.43. The van der Waals surface area contributed by atoms with Crippen molar-refractivity contribution in [2.75, 3.05) is 6.61 Å². The number of aryl methyl sites for hydroxylation is 1. The van der Waals surface area contributed by atoms with E-state index in [0.29, 0.717) is 25.3 Å². The Morgan fingerprint density at radius 1 is 1.30 bits per heavy atom. The van der Waals surface area contributed by atoms with E-state index in [4.69, 9.17) is 10.5 Å². The van der Waals surface area contributed by atoms with Crippen LogP contribution in [0.2, 0.25) is 0 Å². The minimum absolute atomic E-state index is 0.355. The average Bonchev–Trinajstić information content (AvgIpc) is 2.94. The minimum Gasteiger partial charge on any atom is -0.376 e. The van der Waals surface area contributed by atoms with Crippen molar-refractivity contribution in [3.63, 3.8) is 0 Å². The molecule has 3 aromatic rings. The van der Waals surface area contributed by atoms with E-state index in [1.54, 1.807) is 6.20 Å². The molecule has 0 aliphatic carbocycles. The standard InChI is InChI=1S/C17H16N4O2/c1-21-15-6-10(2-3-11(15)7-20-21)13-8-19-16(17(18)22)12-4-5-23-9-14(12)13/h2-3,6-8H,4-5,9H2,1H3,(H2,18,22). The number of hydrogen-bond acceptors (Lipinski definition) is 4. The number of nitrogens with zero attached hydrogens (tertiary/aromatic N) is 3. The van der Waals surface area contributed by atoms with E-state index in [1.165, 1.54) is 0 Å². The fourth-order valence-corrected chi connectivity index (χ4v) is 3.15. The van der Waals surface area contributed by atoms with Crippen LogP contribution in [0, 0.1) is 0 Å². The van der Waals surface area contributed by atoms with Crippen LogP contribution in [0.5, 0.6) is 0 Å². The average molecular weight is 308 g/mol. The third-order valence-corrected chi connectivity index (χ3v) is 4.33. The van der Waals surface area contributed by atoms with Crippen LogP contribution in [0.1, 0.15) is 21.6 Å². The van der Waals surface area contributed by atoms with Gasteiger partial charge in [0.15, 0.2) is 0 Å². The molecule has 0 unspecified atom stereocenters. The molecule has 1 aliphatic heterocycles. The molecule has 3 heterocycles. The van der Waals surface area contributed by atoms with Gasteiger partial charge in [-0.1, -0.05) is 12.1 Å². The van der Waals surface area contributed by atoms with E-state index in [-0.39, 0.29) is 0 Å². The molecule has 0 atom stereocenters. The maximum Gasteiger partial charge on any atom is 0.267 e. The van der Waals surface area contributed by atoms with Crippen molar-refractivity contribution in [1.82, 2.24) is 14.8 Å². The second kappa shape index (κ2) is 5.17. The van der Waals surface area contributed by atoms with Crippen LogP contribution in [-0.4, -0.2) is 27.3 Å². The highest BCUT2D eigenvalue weighted by Gasteiger charge is 2.22. The molecule has 2 N–H and O–H groups in total. The molecular weight excluding hydrogens is 292 g/mol. The van der Waals surface area contributed by atoms with Gasteiger partial charge in [0.2, 0.25) is 0 Å². The summed E-state index contributed by atoms with van der Waals surface area (Å²) >= 11 is 0. The normalized spacial score (nSPS) is 14.0. The van der Waals surface area contributed by atoms with Gasteiger partial charge in [-0.15, -0.1) is 0 Å². The van der Waals surface area contributed by atoms with Gasteiger partial charge in [0.05, 0.1) is 24.9 Å². The predicted octanol–water partition coefficient (Wildman–Crippen LogP) is 1.81. The number of benzene rings is 1. The Morgan fingerprint density at radius 2 is 2.17 bits per heavy atom. The molecule has 6 heteroatoms. The highest BCUT2D eigenvalue weighted by atomic mass is 16.5. The van der Waals surface area contributed by atoms with Crippen LogP contribution in [0.3, 0.4) is 0 Å². The highest BCUT2D eigenvalue weighted by molar-refractivity contribution is 5.94. The molecule has 0 saturated heterocycles. The lowest BCUT2D eigenvalue weighted by atomic mass is 9.93. The van der Waals surface area contributed by atoms with Crippen molar-refractivity contribution in [3.8, 4) is 11.1 Å². The zero-order valence-corrected chi connectivity index (χ0v) is 12.7. The number of nitrogens with two attached hydrogens (primary N) is 1. The van der Waals surface area contributed by atoms with Gasteiger partial charge in [-0.2, -0.15) is 5.10 Å². The summed E-state index contributed by atoms with van der Waals surface area (Å²) in [5.41, 5.74) is 10.8. The van der Waals surface area contributed by atoms with Crippen molar-refractivity contribution >= 4 is 16.8 Å². The van der Waals surface area contributed by atoms with E-state index >= 15 is 0 Å². The van der Waals surface area contributed by atoms with Crippen molar-refractivity contribution < 1.29 is 9.53 Å². The monoisotopic (exact) mass is 308 g/mol. The SMILES string of the molecule is Cn1ncc2ccc(-c3cnc(C(N)=O)c4c3COCC4)cc21. The Kier molecular flexibility index (Phi) is 3.12. The summed E-state index contributed by atoms with van der Waals surface area (Å²) in [4.78, 5) is 15.9. The molecule has 4 rings (SSSR count). The molecule has 23 heavy (non-hydrogen) atoms. The van der Waals surface area contributed by atoms with Crippen molar-refractivity contribution in [2.24, 2.45) is 12.8 Å². The third kappa shape index (κ3) is 2.19. The van der Waals surface area contributed by atoms with Crippen LogP contribution in [0.15, 0.2) is 30.6 Å². The number of pyridine rings is 1. The molecule has 6 nitrogen and oxygen atoms in total. The van der Waals surface area contributed by atoms with E-state index in [2.05, 4.69) is 16.1 Å². The summed E-state index contributed by atoms with van der Waals surface area (Å²) in [5, 5.41) is 5.36. The first-order valence-electron chi connectivity index (χ1n) is 7.45. The first-order valence-corrected chi connectivity index (χ1v) is 7.45.